The highest BCUT2D eigenvalue weighted by atomic mass is 35.5. The van der Waals surface area contributed by atoms with Crippen molar-refractivity contribution in [3.8, 4) is 5.75 Å². The summed E-state index contributed by atoms with van der Waals surface area (Å²) in [6.07, 6.45) is 3.27. The van der Waals surface area contributed by atoms with Crippen LogP contribution in [0.15, 0.2) is 18.2 Å². The number of rotatable bonds is 4. The number of amides is 1. The van der Waals surface area contributed by atoms with E-state index < -0.39 is 0 Å². The number of piperidine rings is 1. The van der Waals surface area contributed by atoms with E-state index in [2.05, 4.69) is 10.6 Å². The summed E-state index contributed by atoms with van der Waals surface area (Å²) in [6, 6.07) is 5.46. The molecule has 122 valence electrons. The third-order valence-electron chi connectivity index (χ3n) is 4.80. The fourth-order valence-corrected chi connectivity index (χ4v) is 3.58. The Morgan fingerprint density at radius 1 is 1.45 bits per heavy atom. The third kappa shape index (κ3) is 3.50. The number of methoxy groups -OCH3 is 1. The molecule has 3 rings (SSSR count). The first-order chi connectivity index (χ1) is 10.1. The second-order valence-electron chi connectivity index (χ2n) is 6.04. The lowest BCUT2D eigenvalue weighted by Crippen LogP contribution is -2.33. The van der Waals surface area contributed by atoms with Crippen LogP contribution in [0.25, 0.3) is 0 Å². The van der Waals surface area contributed by atoms with Crippen molar-refractivity contribution in [3.05, 3.63) is 28.8 Å². The van der Waals surface area contributed by atoms with Crippen LogP contribution in [0.5, 0.6) is 5.75 Å². The summed E-state index contributed by atoms with van der Waals surface area (Å²) in [6.45, 7) is 2.53. The molecule has 1 spiro atoms. The number of hydrogen-bond donors (Lipinski definition) is 2. The van der Waals surface area contributed by atoms with Crippen molar-refractivity contribution in [2.45, 2.75) is 25.8 Å². The molecule has 1 heterocycles. The van der Waals surface area contributed by atoms with Gasteiger partial charge in [-0.25, -0.2) is 0 Å². The van der Waals surface area contributed by atoms with Crippen LogP contribution in [0.3, 0.4) is 0 Å². The first kappa shape index (κ1) is 17.4. The Morgan fingerprint density at radius 3 is 2.86 bits per heavy atom. The van der Waals surface area contributed by atoms with E-state index in [1.54, 1.807) is 13.2 Å². The van der Waals surface area contributed by atoms with Gasteiger partial charge in [-0.1, -0.05) is 11.6 Å². The zero-order valence-corrected chi connectivity index (χ0v) is 14.2. The number of ether oxygens (including phenoxy) is 1. The second-order valence-corrected chi connectivity index (χ2v) is 6.48. The Kier molecular flexibility index (Phi) is 5.59. The van der Waals surface area contributed by atoms with E-state index in [0.29, 0.717) is 11.6 Å². The molecule has 1 amide bonds. The van der Waals surface area contributed by atoms with Crippen LogP contribution in [0.4, 0.5) is 0 Å². The van der Waals surface area contributed by atoms with Crippen LogP contribution in [-0.4, -0.2) is 26.1 Å². The van der Waals surface area contributed by atoms with Crippen molar-refractivity contribution in [2.24, 2.45) is 11.3 Å². The molecule has 1 unspecified atom stereocenters. The van der Waals surface area contributed by atoms with Gasteiger partial charge in [0.2, 0.25) is 5.91 Å². The molecule has 1 saturated heterocycles. The predicted octanol–water partition coefficient (Wildman–Crippen LogP) is 2.78. The van der Waals surface area contributed by atoms with E-state index >= 15 is 0 Å². The van der Waals surface area contributed by atoms with Crippen LogP contribution in [0.1, 0.15) is 24.8 Å². The quantitative estimate of drug-likeness (QED) is 0.882. The number of benzene rings is 1. The molecule has 1 aliphatic heterocycles. The first-order valence-corrected chi connectivity index (χ1v) is 7.83. The standard InChI is InChI=1S/C16H21ClN2O2.ClH/c1-21-14-3-2-12(17)8-11(14)10-19-15(20)13-9-16(13)4-6-18-7-5-16;/h2-3,8,13,18H,4-7,9-10H2,1H3,(H,19,20);1H. The SMILES string of the molecule is COc1ccc(Cl)cc1CNC(=O)C1CC12CCNCC2.Cl. The minimum absolute atomic E-state index is 0. The summed E-state index contributed by atoms with van der Waals surface area (Å²) in [4.78, 5) is 12.3. The third-order valence-corrected chi connectivity index (χ3v) is 5.04. The van der Waals surface area contributed by atoms with Crippen LogP contribution >= 0.6 is 24.0 Å². The van der Waals surface area contributed by atoms with Gasteiger partial charge in [-0.2, -0.15) is 0 Å². The molecule has 2 aliphatic rings. The van der Waals surface area contributed by atoms with Crippen molar-refractivity contribution in [1.29, 1.82) is 0 Å². The molecular weight excluding hydrogens is 323 g/mol. The van der Waals surface area contributed by atoms with Gasteiger partial charge in [-0.3, -0.25) is 4.79 Å². The number of carbonyl (C=O) groups excluding carboxylic acids is 1. The predicted molar refractivity (Wildman–Crippen MR) is 89.7 cm³/mol. The van der Waals surface area contributed by atoms with Gasteiger partial charge in [0.05, 0.1) is 7.11 Å². The van der Waals surface area contributed by atoms with Crippen molar-refractivity contribution in [3.63, 3.8) is 0 Å². The summed E-state index contributed by atoms with van der Waals surface area (Å²) in [5, 5.41) is 7.05. The molecule has 22 heavy (non-hydrogen) atoms. The van der Waals surface area contributed by atoms with Crippen molar-refractivity contribution in [2.75, 3.05) is 20.2 Å². The smallest absolute Gasteiger partial charge is 0.223 e. The van der Waals surface area contributed by atoms with Gasteiger partial charge in [-0.15, -0.1) is 12.4 Å². The lowest BCUT2D eigenvalue weighted by molar-refractivity contribution is -0.123. The molecule has 2 N–H and O–H groups in total. The average molecular weight is 345 g/mol. The molecule has 1 aromatic rings. The fourth-order valence-electron chi connectivity index (χ4n) is 3.39. The number of nitrogens with one attached hydrogen (secondary N) is 2. The highest BCUT2D eigenvalue weighted by Gasteiger charge is 2.57. The van der Waals surface area contributed by atoms with Crippen molar-refractivity contribution < 1.29 is 9.53 Å². The normalized spacial score (nSPS) is 21.8. The van der Waals surface area contributed by atoms with Gasteiger partial charge in [-0.05, 0) is 56.0 Å². The molecule has 2 fully saturated rings. The lowest BCUT2D eigenvalue weighted by Gasteiger charge is -2.23. The molecule has 1 aromatic carbocycles. The van der Waals surface area contributed by atoms with Crippen LogP contribution in [0, 0.1) is 11.3 Å². The lowest BCUT2D eigenvalue weighted by atomic mass is 9.92. The Labute approximate surface area is 142 Å². The molecule has 1 saturated carbocycles. The topological polar surface area (TPSA) is 50.4 Å². The van der Waals surface area contributed by atoms with Gasteiger partial charge in [0.25, 0.3) is 0 Å². The number of hydrogen-bond acceptors (Lipinski definition) is 3. The molecule has 6 heteroatoms. The monoisotopic (exact) mass is 344 g/mol. The van der Waals surface area contributed by atoms with Gasteiger partial charge < -0.3 is 15.4 Å². The molecule has 0 radical (unpaired) electrons. The van der Waals surface area contributed by atoms with Gasteiger partial charge in [0, 0.05) is 23.0 Å². The minimum atomic E-state index is 0. The van der Waals surface area contributed by atoms with Gasteiger partial charge in [0.1, 0.15) is 5.75 Å². The van der Waals surface area contributed by atoms with E-state index in [4.69, 9.17) is 16.3 Å². The molecule has 0 bridgehead atoms. The minimum Gasteiger partial charge on any atom is -0.496 e. The Morgan fingerprint density at radius 2 is 2.18 bits per heavy atom. The van der Waals surface area contributed by atoms with Crippen LogP contribution in [0.2, 0.25) is 5.02 Å². The van der Waals surface area contributed by atoms with E-state index in [1.165, 1.54) is 0 Å². The molecule has 1 aliphatic carbocycles. The van der Waals surface area contributed by atoms with E-state index in [0.717, 1.165) is 43.7 Å². The maximum atomic E-state index is 12.3. The maximum absolute atomic E-state index is 12.3. The highest BCUT2D eigenvalue weighted by Crippen LogP contribution is 2.58. The van der Waals surface area contributed by atoms with Crippen molar-refractivity contribution >= 4 is 29.9 Å². The zero-order valence-electron chi connectivity index (χ0n) is 12.7. The Balaban J connectivity index is 0.00000176. The molecule has 4 nitrogen and oxygen atoms in total. The average Bonchev–Trinajstić information content (AvgIpc) is 3.19. The first-order valence-electron chi connectivity index (χ1n) is 7.45. The molecular formula is C16H22Cl2N2O2. The second kappa shape index (κ2) is 7.07. The summed E-state index contributed by atoms with van der Waals surface area (Å²) in [5.41, 5.74) is 1.19. The summed E-state index contributed by atoms with van der Waals surface area (Å²) in [5.74, 6) is 1.11. The van der Waals surface area contributed by atoms with Gasteiger partial charge >= 0.3 is 0 Å². The summed E-state index contributed by atoms with van der Waals surface area (Å²) >= 11 is 6.01. The number of halogens is 2. The fraction of sp³-hybridized carbons (Fsp3) is 0.562. The molecule has 0 aromatic heterocycles. The van der Waals surface area contributed by atoms with E-state index in [1.807, 2.05) is 12.1 Å². The highest BCUT2D eigenvalue weighted by molar-refractivity contribution is 6.30. The maximum Gasteiger partial charge on any atom is 0.223 e. The van der Waals surface area contributed by atoms with E-state index in [-0.39, 0.29) is 29.6 Å². The van der Waals surface area contributed by atoms with Gasteiger partial charge in [0.15, 0.2) is 0 Å². The van der Waals surface area contributed by atoms with Crippen LogP contribution in [-0.2, 0) is 11.3 Å². The molecule has 1 atom stereocenters. The largest absolute Gasteiger partial charge is 0.496 e. The Hall–Kier alpha value is -0.970. The summed E-state index contributed by atoms with van der Waals surface area (Å²) < 4.78 is 5.30. The number of carbonyl (C=O) groups is 1. The zero-order chi connectivity index (χ0) is 14.9. The summed E-state index contributed by atoms with van der Waals surface area (Å²) in [7, 11) is 1.62. The van der Waals surface area contributed by atoms with Crippen LogP contribution < -0.4 is 15.4 Å². The van der Waals surface area contributed by atoms with Crippen molar-refractivity contribution in [1.82, 2.24) is 10.6 Å². The Bertz CT molecular complexity index is 545. The van der Waals surface area contributed by atoms with E-state index in [9.17, 15) is 4.79 Å².